The minimum atomic E-state index is -0.420. The van der Waals surface area contributed by atoms with Gasteiger partial charge in [0.05, 0.1) is 11.7 Å². The number of unbranched alkanes of at least 4 members (excludes halogenated alkanes) is 1. The third kappa shape index (κ3) is 5.96. The van der Waals surface area contributed by atoms with Crippen molar-refractivity contribution >= 4 is 0 Å². The van der Waals surface area contributed by atoms with E-state index in [9.17, 15) is 9.50 Å². The molecule has 0 amide bonds. The first-order valence-corrected chi connectivity index (χ1v) is 11.4. The molecule has 1 N–H and O–H groups in total. The second-order valence-electron chi connectivity index (χ2n) is 8.47. The monoisotopic (exact) mass is 439 g/mol. The van der Waals surface area contributed by atoms with Crippen LogP contribution in [0.2, 0.25) is 0 Å². The van der Waals surface area contributed by atoms with Gasteiger partial charge in [-0.25, -0.2) is 9.07 Å². The van der Waals surface area contributed by atoms with Crippen LogP contribution in [0, 0.1) is 5.82 Å². The Morgan fingerprint density at radius 1 is 1.09 bits per heavy atom. The first-order valence-electron chi connectivity index (χ1n) is 11.4. The number of aliphatic hydroxyl groups excluding tert-OH is 1. The molecule has 0 radical (unpaired) electrons. The molecule has 32 heavy (non-hydrogen) atoms. The van der Waals surface area contributed by atoms with Crippen LogP contribution in [0.3, 0.4) is 0 Å². The van der Waals surface area contributed by atoms with Gasteiger partial charge in [0.1, 0.15) is 5.69 Å². The molecule has 0 aliphatic rings. The van der Waals surface area contributed by atoms with Crippen molar-refractivity contribution in [2.45, 2.75) is 58.7 Å². The number of nitrogens with zero attached hydrogens (tertiary/aromatic N) is 3. The summed E-state index contributed by atoms with van der Waals surface area (Å²) in [6.07, 6.45) is 2.43. The quantitative estimate of drug-likeness (QED) is 0.411. The Balaban J connectivity index is 1.99. The van der Waals surface area contributed by atoms with E-state index >= 15 is 0 Å². The minimum Gasteiger partial charge on any atom is -0.436 e. The summed E-state index contributed by atoms with van der Waals surface area (Å²) in [7, 11) is 1.81. The van der Waals surface area contributed by atoms with Gasteiger partial charge in [0, 0.05) is 31.7 Å². The Bertz CT molecular complexity index is 988. The van der Waals surface area contributed by atoms with Crippen molar-refractivity contribution in [2.24, 2.45) is 7.05 Å². The van der Waals surface area contributed by atoms with Gasteiger partial charge in [-0.15, -0.1) is 0 Å². The second-order valence-corrected chi connectivity index (χ2v) is 8.47. The Morgan fingerprint density at radius 2 is 1.78 bits per heavy atom. The molecule has 1 atom stereocenters. The maximum Gasteiger partial charge on any atom is 0.222 e. The molecule has 0 unspecified atom stereocenters. The van der Waals surface area contributed by atoms with Crippen LogP contribution >= 0.6 is 0 Å². The summed E-state index contributed by atoms with van der Waals surface area (Å²) in [4.78, 5) is 2.22. The van der Waals surface area contributed by atoms with Gasteiger partial charge in [0.2, 0.25) is 5.88 Å². The number of ether oxygens (including phenoxy) is 1. The zero-order chi connectivity index (χ0) is 23.1. The summed E-state index contributed by atoms with van der Waals surface area (Å²) in [6, 6.07) is 16.5. The maximum absolute atomic E-state index is 14.4. The Labute approximate surface area is 190 Å². The number of para-hydroxylation sites is 1. The van der Waals surface area contributed by atoms with Gasteiger partial charge in [0.25, 0.3) is 0 Å². The standard InChI is InChI=1S/C26H34FN3O2/c1-5-6-14-21(31)17-30(19(2)3)18-22-25(20-12-8-7-9-13-20)28-29(4)26(22)32-24-16-11-10-15-23(24)27/h7-13,15-16,19,21,31H,5-6,14,17-18H2,1-4H3/t21-/m1/s1. The van der Waals surface area contributed by atoms with Gasteiger partial charge < -0.3 is 9.84 Å². The molecule has 0 saturated heterocycles. The van der Waals surface area contributed by atoms with Gasteiger partial charge in [0.15, 0.2) is 11.6 Å². The van der Waals surface area contributed by atoms with E-state index < -0.39 is 11.9 Å². The summed E-state index contributed by atoms with van der Waals surface area (Å²) in [6.45, 7) is 7.44. The van der Waals surface area contributed by atoms with E-state index in [0.717, 1.165) is 36.1 Å². The van der Waals surface area contributed by atoms with Crippen molar-refractivity contribution in [3.8, 4) is 22.9 Å². The lowest BCUT2D eigenvalue weighted by Gasteiger charge is -2.29. The number of hydrogen-bond acceptors (Lipinski definition) is 4. The van der Waals surface area contributed by atoms with Crippen molar-refractivity contribution < 1.29 is 14.2 Å². The summed E-state index contributed by atoms with van der Waals surface area (Å²) in [5.41, 5.74) is 2.64. The molecule has 1 heterocycles. The van der Waals surface area contributed by atoms with Crippen molar-refractivity contribution in [1.29, 1.82) is 0 Å². The molecule has 172 valence electrons. The summed E-state index contributed by atoms with van der Waals surface area (Å²) < 4.78 is 22.1. The molecule has 6 heteroatoms. The fraction of sp³-hybridized carbons (Fsp3) is 0.423. The first kappa shape index (κ1) is 24.0. The first-order chi connectivity index (χ1) is 15.4. The summed E-state index contributed by atoms with van der Waals surface area (Å²) in [5.74, 6) is 0.245. The fourth-order valence-electron chi connectivity index (χ4n) is 3.74. The summed E-state index contributed by atoms with van der Waals surface area (Å²) in [5, 5.41) is 15.3. The molecule has 3 rings (SSSR count). The molecule has 2 aromatic carbocycles. The molecule has 0 aliphatic heterocycles. The lowest BCUT2D eigenvalue weighted by atomic mass is 10.1. The van der Waals surface area contributed by atoms with E-state index in [4.69, 9.17) is 9.84 Å². The fourth-order valence-corrected chi connectivity index (χ4v) is 3.74. The van der Waals surface area contributed by atoms with Crippen molar-refractivity contribution in [1.82, 2.24) is 14.7 Å². The highest BCUT2D eigenvalue weighted by atomic mass is 19.1. The van der Waals surface area contributed by atoms with Crippen LogP contribution in [0.15, 0.2) is 54.6 Å². The number of hydrogen-bond donors (Lipinski definition) is 1. The third-order valence-corrected chi connectivity index (χ3v) is 5.61. The SMILES string of the molecule is CCCC[C@@H](O)CN(Cc1c(-c2ccccc2)nn(C)c1Oc1ccccc1F)C(C)C. The summed E-state index contributed by atoms with van der Waals surface area (Å²) >= 11 is 0. The average Bonchev–Trinajstić information content (AvgIpc) is 3.09. The molecular weight excluding hydrogens is 405 g/mol. The maximum atomic E-state index is 14.4. The van der Waals surface area contributed by atoms with Crippen LogP contribution in [-0.4, -0.2) is 38.5 Å². The molecule has 0 saturated carbocycles. The zero-order valence-electron chi connectivity index (χ0n) is 19.5. The van der Waals surface area contributed by atoms with Crippen LogP contribution in [0.5, 0.6) is 11.6 Å². The van der Waals surface area contributed by atoms with Gasteiger partial charge in [-0.3, -0.25) is 4.90 Å². The van der Waals surface area contributed by atoms with E-state index in [1.54, 1.807) is 22.9 Å². The Hall–Kier alpha value is -2.70. The Kier molecular flexibility index (Phi) is 8.42. The van der Waals surface area contributed by atoms with Crippen LogP contribution < -0.4 is 4.74 Å². The molecule has 0 fully saturated rings. The van der Waals surface area contributed by atoms with Crippen molar-refractivity contribution in [3.63, 3.8) is 0 Å². The van der Waals surface area contributed by atoms with Gasteiger partial charge in [-0.1, -0.05) is 62.2 Å². The molecule has 0 bridgehead atoms. The topological polar surface area (TPSA) is 50.5 Å². The van der Waals surface area contributed by atoms with Crippen LogP contribution in [0.4, 0.5) is 4.39 Å². The average molecular weight is 440 g/mol. The van der Waals surface area contributed by atoms with E-state index in [-0.39, 0.29) is 11.8 Å². The van der Waals surface area contributed by atoms with Gasteiger partial charge in [-0.05, 0) is 32.4 Å². The number of halogens is 1. The molecule has 1 aromatic heterocycles. The molecule has 0 spiro atoms. The number of aromatic nitrogens is 2. The van der Waals surface area contributed by atoms with Gasteiger partial charge in [-0.2, -0.15) is 5.10 Å². The van der Waals surface area contributed by atoms with Crippen molar-refractivity contribution in [3.05, 3.63) is 66.0 Å². The van der Waals surface area contributed by atoms with E-state index in [1.807, 2.05) is 37.4 Å². The van der Waals surface area contributed by atoms with Crippen LogP contribution in [-0.2, 0) is 13.6 Å². The molecular formula is C26H34FN3O2. The predicted octanol–water partition coefficient (Wildman–Crippen LogP) is 5.78. The predicted molar refractivity (Wildman–Crippen MR) is 126 cm³/mol. The highest BCUT2D eigenvalue weighted by Gasteiger charge is 2.25. The second kappa shape index (κ2) is 11.2. The van der Waals surface area contributed by atoms with E-state index in [0.29, 0.717) is 19.0 Å². The van der Waals surface area contributed by atoms with Gasteiger partial charge >= 0.3 is 0 Å². The number of benzene rings is 2. The van der Waals surface area contributed by atoms with Crippen molar-refractivity contribution in [2.75, 3.05) is 6.54 Å². The molecule has 0 aliphatic carbocycles. The number of aliphatic hydroxyl groups is 1. The molecule has 5 nitrogen and oxygen atoms in total. The van der Waals surface area contributed by atoms with Crippen LogP contribution in [0.25, 0.3) is 11.3 Å². The van der Waals surface area contributed by atoms with E-state index in [2.05, 4.69) is 25.7 Å². The third-order valence-electron chi connectivity index (χ3n) is 5.61. The van der Waals surface area contributed by atoms with E-state index in [1.165, 1.54) is 6.07 Å². The normalized spacial score (nSPS) is 12.5. The molecule has 3 aromatic rings. The highest BCUT2D eigenvalue weighted by Crippen LogP contribution is 2.35. The smallest absolute Gasteiger partial charge is 0.222 e. The highest BCUT2D eigenvalue weighted by molar-refractivity contribution is 5.65. The van der Waals surface area contributed by atoms with Crippen LogP contribution in [0.1, 0.15) is 45.6 Å². The minimum absolute atomic E-state index is 0.162. The Morgan fingerprint density at radius 3 is 2.44 bits per heavy atom. The lowest BCUT2D eigenvalue weighted by molar-refractivity contribution is 0.0829. The lowest BCUT2D eigenvalue weighted by Crippen LogP contribution is -2.37. The zero-order valence-corrected chi connectivity index (χ0v) is 19.5. The number of aryl methyl sites for hydroxylation is 1. The number of rotatable bonds is 11. The largest absolute Gasteiger partial charge is 0.436 e.